The van der Waals surface area contributed by atoms with Gasteiger partial charge >= 0.3 is 12.0 Å². The van der Waals surface area contributed by atoms with Crippen molar-refractivity contribution in [2.45, 2.75) is 45.8 Å². The quantitative estimate of drug-likeness (QED) is 0.177. The van der Waals surface area contributed by atoms with Crippen LogP contribution in [0.4, 0.5) is 4.79 Å². The molecule has 4 aromatic rings. The lowest BCUT2D eigenvalue weighted by molar-refractivity contribution is -0.123. The van der Waals surface area contributed by atoms with E-state index >= 15 is 0 Å². The molecule has 3 aromatic heterocycles. The molecule has 0 unspecified atom stereocenters. The van der Waals surface area contributed by atoms with Gasteiger partial charge in [0.1, 0.15) is 11.5 Å². The van der Waals surface area contributed by atoms with Crippen LogP contribution in [0.2, 0.25) is 0 Å². The van der Waals surface area contributed by atoms with E-state index in [9.17, 15) is 19.5 Å². The highest BCUT2D eigenvalue weighted by atomic mass is 32.1. The zero-order chi connectivity index (χ0) is 27.4. The Balaban J connectivity index is 1.52. The zero-order valence-electron chi connectivity index (χ0n) is 21.4. The largest absolute Gasteiger partial charge is 0.478 e. The Morgan fingerprint density at radius 1 is 0.949 bits per heavy atom. The molecule has 3 amide bonds. The monoisotopic (exact) mass is 560 g/mol. The Morgan fingerprint density at radius 2 is 1.62 bits per heavy atom. The fourth-order valence-electron chi connectivity index (χ4n) is 4.47. The number of unbranched alkanes of at least 4 members (excludes halogenated alkanes) is 1. The van der Waals surface area contributed by atoms with Crippen LogP contribution in [-0.2, 0) is 30.8 Å². The number of benzene rings is 1. The number of carboxylic acids is 1. The van der Waals surface area contributed by atoms with Gasteiger partial charge in [0, 0.05) is 22.7 Å². The normalized spacial score (nSPS) is 14.6. The van der Waals surface area contributed by atoms with Crippen molar-refractivity contribution in [2.24, 2.45) is 0 Å². The minimum Gasteiger partial charge on any atom is -0.478 e. The Bertz CT molecular complexity index is 1490. The molecule has 0 radical (unpaired) electrons. The fraction of sp³-hybridized carbons (Fsp3) is 0.241. The van der Waals surface area contributed by atoms with E-state index in [1.807, 2.05) is 39.6 Å². The first-order chi connectivity index (χ1) is 18.9. The van der Waals surface area contributed by atoms with Gasteiger partial charge in [-0.25, -0.2) is 14.6 Å². The lowest BCUT2D eigenvalue weighted by Crippen LogP contribution is -2.31. The van der Waals surface area contributed by atoms with E-state index in [1.54, 1.807) is 52.8 Å². The van der Waals surface area contributed by atoms with E-state index in [1.165, 1.54) is 16.2 Å². The number of carbonyl (C=O) groups is 3. The number of aryl methyl sites for hydroxylation is 1. The van der Waals surface area contributed by atoms with Crippen LogP contribution in [0.5, 0.6) is 0 Å². The van der Waals surface area contributed by atoms with Crippen LogP contribution in [-0.4, -0.2) is 42.4 Å². The molecular weight excluding hydrogens is 532 g/mol. The minimum atomic E-state index is -0.972. The Morgan fingerprint density at radius 3 is 2.21 bits per heavy atom. The molecule has 8 nitrogen and oxygen atoms in total. The predicted octanol–water partition coefficient (Wildman–Crippen LogP) is 6.10. The predicted molar refractivity (Wildman–Crippen MR) is 151 cm³/mol. The molecule has 5 rings (SSSR count). The van der Waals surface area contributed by atoms with Crippen LogP contribution >= 0.6 is 22.7 Å². The number of amides is 3. The number of hydrogen-bond acceptors (Lipinski definition) is 6. The summed E-state index contributed by atoms with van der Waals surface area (Å²) in [5.74, 6) is -0.428. The second-order valence-electron chi connectivity index (χ2n) is 9.24. The van der Waals surface area contributed by atoms with E-state index in [0.29, 0.717) is 24.5 Å². The summed E-state index contributed by atoms with van der Waals surface area (Å²) in [6, 6.07) is 14.1. The minimum absolute atomic E-state index is 0.225. The molecular formula is C29H28N4O4S2. The molecule has 1 aliphatic heterocycles. The molecule has 1 fully saturated rings. The van der Waals surface area contributed by atoms with E-state index in [4.69, 9.17) is 0 Å². The third kappa shape index (κ3) is 5.86. The number of aromatic carboxylic acids is 1. The van der Waals surface area contributed by atoms with Gasteiger partial charge in [0.25, 0.3) is 5.91 Å². The molecule has 0 aliphatic carbocycles. The van der Waals surface area contributed by atoms with Crippen molar-refractivity contribution >= 4 is 46.7 Å². The average molecular weight is 561 g/mol. The number of carboxylic acid groups (broad SMARTS) is 1. The first kappa shape index (κ1) is 26.6. The summed E-state index contributed by atoms with van der Waals surface area (Å²) < 4.78 is 2.04. The van der Waals surface area contributed by atoms with Gasteiger partial charge in [0.15, 0.2) is 0 Å². The van der Waals surface area contributed by atoms with Gasteiger partial charge in [-0.05, 0) is 53.1 Å². The number of rotatable bonds is 11. The number of imide groups is 1. The summed E-state index contributed by atoms with van der Waals surface area (Å²) in [6.07, 6.45) is 6.24. The van der Waals surface area contributed by atoms with E-state index < -0.39 is 5.97 Å². The van der Waals surface area contributed by atoms with Crippen LogP contribution in [0.3, 0.4) is 0 Å². The summed E-state index contributed by atoms with van der Waals surface area (Å²) >= 11 is 3.05. The van der Waals surface area contributed by atoms with Crippen molar-refractivity contribution in [3.05, 3.63) is 104 Å². The molecule has 200 valence electrons. The van der Waals surface area contributed by atoms with Crippen molar-refractivity contribution in [3.8, 4) is 0 Å². The average Bonchev–Trinajstić information content (AvgIpc) is 3.74. The smallest absolute Gasteiger partial charge is 0.335 e. The van der Waals surface area contributed by atoms with Crippen molar-refractivity contribution in [3.63, 3.8) is 0 Å². The molecule has 10 heteroatoms. The topological polar surface area (TPSA) is 95.7 Å². The molecule has 0 bridgehead atoms. The number of thiophene rings is 2. The molecule has 4 heterocycles. The molecule has 0 atom stereocenters. The zero-order valence-corrected chi connectivity index (χ0v) is 23.1. The second kappa shape index (κ2) is 11.8. The molecule has 0 saturated carbocycles. The third-order valence-corrected chi connectivity index (χ3v) is 8.28. The first-order valence-corrected chi connectivity index (χ1v) is 14.5. The molecule has 1 saturated heterocycles. The summed E-state index contributed by atoms with van der Waals surface area (Å²) in [7, 11) is 0. The van der Waals surface area contributed by atoms with Gasteiger partial charge in [-0.1, -0.05) is 37.6 Å². The maximum absolute atomic E-state index is 13.7. The number of urea groups is 1. The van der Waals surface area contributed by atoms with Crippen molar-refractivity contribution in [2.75, 3.05) is 0 Å². The summed E-state index contributed by atoms with van der Waals surface area (Å²) in [6.45, 7) is 3.12. The number of imidazole rings is 1. The van der Waals surface area contributed by atoms with E-state index in [0.717, 1.165) is 40.4 Å². The van der Waals surface area contributed by atoms with Gasteiger partial charge in [0.05, 0.1) is 30.5 Å². The third-order valence-electron chi connectivity index (χ3n) is 6.55. The molecule has 1 aliphatic rings. The fourth-order valence-corrected chi connectivity index (χ4v) is 5.86. The first-order valence-electron chi connectivity index (χ1n) is 12.7. The standard InChI is InChI=1S/C29H28N4O4S2/c1-2-3-8-26-30-16-22(31(26)17-20-9-11-21(12-10-20)28(35)36)15-25-27(34)33(19-24-7-5-14-39-24)29(37)32(25)18-23-6-4-13-38-23/h4-7,9-16H,2-3,8,17-19H2,1H3,(H,35,36). The van der Waals surface area contributed by atoms with Gasteiger partial charge in [-0.15, -0.1) is 22.7 Å². The Kier molecular flexibility index (Phi) is 8.04. The van der Waals surface area contributed by atoms with Gasteiger partial charge < -0.3 is 9.67 Å². The van der Waals surface area contributed by atoms with Crippen LogP contribution in [0.1, 0.15) is 57.0 Å². The number of carbonyl (C=O) groups excluding carboxylic acids is 2. The highest BCUT2D eigenvalue weighted by molar-refractivity contribution is 7.10. The van der Waals surface area contributed by atoms with E-state index in [2.05, 4.69) is 11.9 Å². The Hall–Kier alpha value is -4.02. The number of aromatic nitrogens is 2. The Labute approximate surface area is 234 Å². The van der Waals surface area contributed by atoms with Gasteiger partial charge in [0.2, 0.25) is 0 Å². The SMILES string of the molecule is CCCCc1ncc(C=C2C(=O)N(Cc3cccs3)C(=O)N2Cc2cccs2)n1Cc1ccc(C(=O)O)cc1. The van der Waals surface area contributed by atoms with Crippen molar-refractivity contribution in [1.29, 1.82) is 0 Å². The summed E-state index contributed by atoms with van der Waals surface area (Å²) in [5.41, 5.74) is 2.17. The van der Waals surface area contributed by atoms with E-state index in [-0.39, 0.29) is 24.0 Å². The maximum atomic E-state index is 13.7. The maximum Gasteiger partial charge on any atom is 0.335 e. The van der Waals surface area contributed by atoms with Crippen LogP contribution in [0.25, 0.3) is 6.08 Å². The lowest BCUT2D eigenvalue weighted by Gasteiger charge is -2.16. The van der Waals surface area contributed by atoms with Gasteiger partial charge in [-0.2, -0.15) is 0 Å². The van der Waals surface area contributed by atoms with Crippen LogP contribution in [0, 0.1) is 0 Å². The summed E-state index contributed by atoms with van der Waals surface area (Å²) in [5, 5.41) is 13.1. The second-order valence-corrected chi connectivity index (χ2v) is 11.3. The van der Waals surface area contributed by atoms with Gasteiger partial charge in [-0.3, -0.25) is 14.6 Å². The molecule has 1 N–H and O–H groups in total. The van der Waals surface area contributed by atoms with Crippen molar-refractivity contribution < 1.29 is 19.5 Å². The highest BCUT2D eigenvalue weighted by Gasteiger charge is 2.41. The molecule has 1 aromatic carbocycles. The number of hydrogen-bond donors (Lipinski definition) is 1. The van der Waals surface area contributed by atoms with Crippen molar-refractivity contribution in [1.82, 2.24) is 19.4 Å². The number of nitrogens with zero attached hydrogens (tertiary/aromatic N) is 4. The molecule has 39 heavy (non-hydrogen) atoms. The van der Waals surface area contributed by atoms with Crippen LogP contribution in [0.15, 0.2) is 71.2 Å². The summed E-state index contributed by atoms with van der Waals surface area (Å²) in [4.78, 5) is 47.9. The highest BCUT2D eigenvalue weighted by Crippen LogP contribution is 2.29. The molecule has 0 spiro atoms. The van der Waals surface area contributed by atoms with Crippen LogP contribution < -0.4 is 0 Å². The lowest BCUT2D eigenvalue weighted by atomic mass is 10.1.